The zero-order valence-corrected chi connectivity index (χ0v) is 17.6. The first-order chi connectivity index (χ1) is 13.9. The molecular formula is C23H25ClN2O3. The lowest BCUT2D eigenvalue weighted by Crippen LogP contribution is -2.36. The van der Waals surface area contributed by atoms with Crippen molar-refractivity contribution in [2.24, 2.45) is 11.8 Å². The van der Waals surface area contributed by atoms with Gasteiger partial charge in [0.2, 0.25) is 5.91 Å². The van der Waals surface area contributed by atoms with Gasteiger partial charge in [-0.15, -0.1) is 0 Å². The van der Waals surface area contributed by atoms with E-state index < -0.39 is 0 Å². The molecule has 4 rings (SSSR count). The number of carbonyl (C=O) groups is 2. The standard InChI is InChI=1S/C23H25ClN2O3/c1-14-5-4-6-20(24)21(14)23(28)25-11-17-12-26(15(2)27)22(19(17)13-25)16-7-9-18(29-3)10-8-16/h4-10,17,19,22H,11-13H2,1-3H3/t17-,19-,22+/m1/s1. The number of hydrogen-bond acceptors (Lipinski definition) is 3. The molecule has 0 saturated carbocycles. The second-order valence-corrected chi connectivity index (χ2v) is 8.36. The first-order valence-corrected chi connectivity index (χ1v) is 10.2. The minimum absolute atomic E-state index is 0.0228. The van der Waals surface area contributed by atoms with Gasteiger partial charge in [0.1, 0.15) is 5.75 Å². The Labute approximate surface area is 176 Å². The van der Waals surface area contributed by atoms with E-state index >= 15 is 0 Å². The molecule has 6 heteroatoms. The molecule has 0 unspecified atom stereocenters. The molecule has 0 aromatic heterocycles. The molecule has 0 radical (unpaired) electrons. The van der Waals surface area contributed by atoms with Crippen LogP contribution < -0.4 is 4.74 Å². The average molecular weight is 413 g/mol. The van der Waals surface area contributed by atoms with Crippen molar-refractivity contribution in [3.05, 3.63) is 64.2 Å². The van der Waals surface area contributed by atoms with E-state index in [1.54, 1.807) is 20.1 Å². The number of aryl methyl sites for hydroxylation is 1. The molecular weight excluding hydrogens is 388 g/mol. The maximum Gasteiger partial charge on any atom is 0.255 e. The number of fused-ring (bicyclic) bond motifs is 1. The van der Waals surface area contributed by atoms with Gasteiger partial charge in [0.05, 0.1) is 23.7 Å². The Balaban J connectivity index is 1.61. The molecule has 2 fully saturated rings. The molecule has 2 amide bonds. The fourth-order valence-corrected chi connectivity index (χ4v) is 5.13. The predicted octanol–water partition coefficient (Wildman–Crippen LogP) is 3.95. The number of ether oxygens (including phenoxy) is 1. The van der Waals surface area contributed by atoms with Crippen LogP contribution in [0.2, 0.25) is 5.02 Å². The Bertz CT molecular complexity index is 923. The van der Waals surface area contributed by atoms with Gasteiger partial charge in [0, 0.05) is 38.4 Å². The van der Waals surface area contributed by atoms with Gasteiger partial charge in [-0.3, -0.25) is 9.59 Å². The predicted molar refractivity (Wildman–Crippen MR) is 112 cm³/mol. The van der Waals surface area contributed by atoms with E-state index in [2.05, 4.69) is 0 Å². The summed E-state index contributed by atoms with van der Waals surface area (Å²) in [4.78, 5) is 29.4. The molecule has 152 valence electrons. The number of methoxy groups -OCH3 is 1. The van der Waals surface area contributed by atoms with Gasteiger partial charge < -0.3 is 14.5 Å². The minimum Gasteiger partial charge on any atom is -0.497 e. The summed E-state index contributed by atoms with van der Waals surface area (Å²) in [5.41, 5.74) is 2.55. The quantitative estimate of drug-likeness (QED) is 0.767. The summed E-state index contributed by atoms with van der Waals surface area (Å²) >= 11 is 6.33. The summed E-state index contributed by atoms with van der Waals surface area (Å²) in [5.74, 6) is 1.30. The fraction of sp³-hybridized carbons (Fsp3) is 0.391. The smallest absolute Gasteiger partial charge is 0.255 e. The summed E-state index contributed by atoms with van der Waals surface area (Å²) in [6, 6.07) is 13.4. The van der Waals surface area contributed by atoms with Crippen molar-refractivity contribution < 1.29 is 14.3 Å². The Morgan fingerprint density at radius 3 is 2.41 bits per heavy atom. The van der Waals surface area contributed by atoms with Crippen LogP contribution >= 0.6 is 11.6 Å². The van der Waals surface area contributed by atoms with E-state index in [1.165, 1.54) is 0 Å². The summed E-state index contributed by atoms with van der Waals surface area (Å²) in [6.07, 6.45) is 0. The van der Waals surface area contributed by atoms with Gasteiger partial charge in [-0.05, 0) is 36.2 Å². The van der Waals surface area contributed by atoms with E-state index in [0.717, 1.165) is 16.9 Å². The van der Waals surface area contributed by atoms with Crippen LogP contribution in [-0.4, -0.2) is 48.4 Å². The Morgan fingerprint density at radius 2 is 1.79 bits per heavy atom. The maximum absolute atomic E-state index is 13.2. The third kappa shape index (κ3) is 3.48. The van der Waals surface area contributed by atoms with E-state index in [9.17, 15) is 9.59 Å². The molecule has 2 aromatic rings. The number of amides is 2. The number of benzene rings is 2. The highest BCUT2D eigenvalue weighted by Crippen LogP contribution is 2.45. The molecule has 2 saturated heterocycles. The lowest BCUT2D eigenvalue weighted by atomic mass is 9.89. The number of likely N-dealkylation sites (tertiary alicyclic amines) is 2. The van der Waals surface area contributed by atoms with Crippen molar-refractivity contribution in [2.45, 2.75) is 19.9 Å². The van der Waals surface area contributed by atoms with E-state index in [4.69, 9.17) is 16.3 Å². The summed E-state index contributed by atoms with van der Waals surface area (Å²) in [5, 5.41) is 0.490. The van der Waals surface area contributed by atoms with Crippen molar-refractivity contribution in [1.82, 2.24) is 9.80 Å². The van der Waals surface area contributed by atoms with Gasteiger partial charge in [-0.2, -0.15) is 0 Å². The van der Waals surface area contributed by atoms with Gasteiger partial charge in [0.15, 0.2) is 0 Å². The number of carbonyl (C=O) groups excluding carboxylic acids is 2. The van der Waals surface area contributed by atoms with Crippen LogP contribution in [0.1, 0.15) is 34.5 Å². The highest BCUT2D eigenvalue weighted by atomic mass is 35.5. The molecule has 29 heavy (non-hydrogen) atoms. The lowest BCUT2D eigenvalue weighted by Gasteiger charge is -2.29. The molecule has 2 aliphatic heterocycles. The van der Waals surface area contributed by atoms with Gasteiger partial charge in [-0.25, -0.2) is 0 Å². The molecule has 0 N–H and O–H groups in total. The third-order valence-electron chi connectivity index (χ3n) is 6.25. The highest BCUT2D eigenvalue weighted by Gasteiger charge is 2.49. The van der Waals surface area contributed by atoms with Crippen molar-refractivity contribution in [2.75, 3.05) is 26.7 Å². The first kappa shape index (κ1) is 19.8. The molecule has 0 spiro atoms. The highest BCUT2D eigenvalue weighted by molar-refractivity contribution is 6.34. The molecule has 2 heterocycles. The van der Waals surface area contributed by atoms with Gasteiger partial charge in [0.25, 0.3) is 5.91 Å². The second kappa shape index (κ2) is 7.71. The van der Waals surface area contributed by atoms with Crippen LogP contribution in [0, 0.1) is 18.8 Å². The lowest BCUT2D eigenvalue weighted by molar-refractivity contribution is -0.130. The normalized spacial score (nSPS) is 23.2. The van der Waals surface area contributed by atoms with Crippen LogP contribution in [0.4, 0.5) is 0 Å². The molecule has 3 atom stereocenters. The summed E-state index contributed by atoms with van der Waals surface area (Å²) in [6.45, 7) is 5.46. The Kier molecular flexibility index (Phi) is 5.26. The Morgan fingerprint density at radius 1 is 1.07 bits per heavy atom. The second-order valence-electron chi connectivity index (χ2n) is 7.96. The van der Waals surface area contributed by atoms with Crippen LogP contribution in [-0.2, 0) is 4.79 Å². The van der Waals surface area contributed by atoms with E-state index in [1.807, 2.05) is 53.1 Å². The van der Waals surface area contributed by atoms with Gasteiger partial charge >= 0.3 is 0 Å². The van der Waals surface area contributed by atoms with Crippen molar-refractivity contribution in [1.29, 1.82) is 0 Å². The summed E-state index contributed by atoms with van der Waals surface area (Å²) < 4.78 is 5.27. The van der Waals surface area contributed by atoms with Crippen molar-refractivity contribution in [3.63, 3.8) is 0 Å². The van der Waals surface area contributed by atoms with Crippen molar-refractivity contribution in [3.8, 4) is 5.75 Å². The molecule has 0 aliphatic carbocycles. The van der Waals surface area contributed by atoms with Crippen molar-refractivity contribution >= 4 is 23.4 Å². The number of halogens is 1. The van der Waals surface area contributed by atoms with Crippen LogP contribution in [0.3, 0.4) is 0 Å². The number of rotatable bonds is 3. The average Bonchev–Trinajstić information content (AvgIpc) is 3.26. The monoisotopic (exact) mass is 412 g/mol. The molecule has 5 nitrogen and oxygen atoms in total. The first-order valence-electron chi connectivity index (χ1n) is 9.86. The number of nitrogens with zero attached hydrogens (tertiary/aromatic N) is 2. The van der Waals surface area contributed by atoms with Crippen LogP contribution in [0.25, 0.3) is 0 Å². The summed E-state index contributed by atoms with van der Waals surface area (Å²) in [7, 11) is 1.64. The zero-order chi connectivity index (χ0) is 20.7. The van der Waals surface area contributed by atoms with Crippen LogP contribution in [0.5, 0.6) is 5.75 Å². The SMILES string of the molecule is COc1ccc([C@H]2[C@@H]3CN(C(=O)c4c(C)cccc4Cl)C[C@@H]3CN2C(C)=O)cc1. The topological polar surface area (TPSA) is 49.9 Å². The molecule has 0 bridgehead atoms. The largest absolute Gasteiger partial charge is 0.497 e. The third-order valence-corrected chi connectivity index (χ3v) is 6.56. The Hall–Kier alpha value is -2.53. The van der Waals surface area contributed by atoms with E-state index in [-0.39, 0.29) is 29.7 Å². The molecule has 2 aromatic carbocycles. The van der Waals surface area contributed by atoms with Crippen LogP contribution in [0.15, 0.2) is 42.5 Å². The molecule has 2 aliphatic rings. The zero-order valence-electron chi connectivity index (χ0n) is 16.9. The maximum atomic E-state index is 13.2. The van der Waals surface area contributed by atoms with Gasteiger partial charge in [-0.1, -0.05) is 35.9 Å². The fourth-order valence-electron chi connectivity index (χ4n) is 4.82. The minimum atomic E-state index is -0.0338. The van der Waals surface area contributed by atoms with E-state index in [0.29, 0.717) is 30.2 Å². The number of hydrogen-bond donors (Lipinski definition) is 0.